The van der Waals surface area contributed by atoms with E-state index in [0.29, 0.717) is 18.1 Å². The molecule has 144 valence electrons. The smallest absolute Gasteiger partial charge is 0.246 e. The molecule has 9 nitrogen and oxygen atoms in total. The molecule has 0 bridgehead atoms. The lowest BCUT2D eigenvalue weighted by Gasteiger charge is -2.36. The average Bonchev–Trinajstić information content (AvgIpc) is 2.61. The van der Waals surface area contributed by atoms with Gasteiger partial charge < -0.3 is 25.4 Å². The van der Waals surface area contributed by atoms with E-state index in [1.54, 1.807) is 18.2 Å². The largest absolute Gasteiger partial charge is 0.496 e. The van der Waals surface area contributed by atoms with Gasteiger partial charge in [0, 0.05) is 23.9 Å². The summed E-state index contributed by atoms with van der Waals surface area (Å²) < 4.78 is 5.46. The lowest BCUT2D eigenvalue weighted by Crippen LogP contribution is -2.47. The molecule has 0 aromatic carbocycles. The van der Waals surface area contributed by atoms with E-state index < -0.39 is 0 Å². The first-order chi connectivity index (χ1) is 12.9. The molecule has 0 saturated heterocycles. The fraction of sp³-hybridized carbons (Fsp3) is 0.412. The number of hydrogen-bond donors (Lipinski definition) is 2. The number of pyridine rings is 1. The van der Waals surface area contributed by atoms with E-state index in [0.717, 1.165) is 22.6 Å². The van der Waals surface area contributed by atoms with Crippen molar-refractivity contribution in [3.05, 3.63) is 28.2 Å². The van der Waals surface area contributed by atoms with Gasteiger partial charge >= 0.3 is 0 Å². The molecule has 10 heteroatoms. The molecule has 2 aromatic rings. The van der Waals surface area contributed by atoms with Crippen LogP contribution in [0.4, 0.5) is 17.5 Å². The van der Waals surface area contributed by atoms with Crippen LogP contribution in [0.1, 0.15) is 16.8 Å². The number of methoxy groups -OCH3 is 1. The second kappa shape index (κ2) is 7.53. The zero-order valence-electron chi connectivity index (χ0n) is 15.4. The Bertz CT molecular complexity index is 891. The van der Waals surface area contributed by atoms with Gasteiger partial charge in [0.05, 0.1) is 32.5 Å². The van der Waals surface area contributed by atoms with Crippen molar-refractivity contribution in [1.82, 2.24) is 15.0 Å². The molecule has 3 N–H and O–H groups in total. The topological polar surface area (TPSA) is 118 Å². The number of aryl methyl sites for hydroxylation is 1. The number of aromatic nitrogens is 3. The van der Waals surface area contributed by atoms with Crippen molar-refractivity contribution in [2.24, 2.45) is 0 Å². The number of carbonyl (C=O) groups excluding carboxylic acids is 1. The maximum atomic E-state index is 12.6. The third-order valence-corrected chi connectivity index (χ3v) is 4.71. The van der Waals surface area contributed by atoms with E-state index in [2.05, 4.69) is 15.0 Å². The van der Waals surface area contributed by atoms with Crippen LogP contribution in [0.2, 0.25) is 5.15 Å². The Kier molecular flexibility index (Phi) is 5.33. The van der Waals surface area contributed by atoms with Gasteiger partial charge in [-0.1, -0.05) is 11.6 Å². The number of amides is 1. The van der Waals surface area contributed by atoms with Crippen LogP contribution < -0.4 is 20.3 Å². The second-order valence-electron chi connectivity index (χ2n) is 6.22. The molecule has 1 aliphatic rings. The monoisotopic (exact) mass is 392 g/mol. The number of hydrogen-bond acceptors (Lipinski definition) is 8. The fourth-order valence-corrected chi connectivity index (χ4v) is 3.48. The van der Waals surface area contributed by atoms with Crippen LogP contribution in [-0.4, -0.2) is 52.8 Å². The number of ether oxygens (including phenoxy) is 1. The van der Waals surface area contributed by atoms with Crippen molar-refractivity contribution >= 4 is 35.0 Å². The summed E-state index contributed by atoms with van der Waals surface area (Å²) in [5.41, 5.74) is 8.67. The summed E-state index contributed by atoms with van der Waals surface area (Å²) >= 11 is 6.24. The zero-order valence-corrected chi connectivity index (χ0v) is 16.1. The van der Waals surface area contributed by atoms with Crippen LogP contribution in [0.3, 0.4) is 0 Å². The molecule has 0 fully saturated rings. The molecule has 2 aromatic heterocycles. The maximum absolute atomic E-state index is 12.6. The first kappa shape index (κ1) is 19.1. The molecular weight excluding hydrogens is 372 g/mol. The van der Waals surface area contributed by atoms with Gasteiger partial charge in [-0.2, -0.15) is 9.97 Å². The van der Waals surface area contributed by atoms with E-state index in [1.165, 1.54) is 4.90 Å². The van der Waals surface area contributed by atoms with Gasteiger partial charge in [0.2, 0.25) is 11.9 Å². The molecular formula is C17H21ClN6O3. The Morgan fingerprint density at radius 2 is 2.11 bits per heavy atom. The number of halogens is 1. The van der Waals surface area contributed by atoms with E-state index >= 15 is 0 Å². The van der Waals surface area contributed by atoms with Crippen LogP contribution in [0.25, 0.3) is 0 Å². The second-order valence-corrected chi connectivity index (χ2v) is 6.57. The molecule has 0 radical (unpaired) electrons. The Hall–Kier alpha value is -2.65. The number of rotatable bonds is 5. The first-order valence-electron chi connectivity index (χ1n) is 8.35. The number of anilines is 3. The van der Waals surface area contributed by atoms with Gasteiger partial charge in [-0.15, -0.1) is 0 Å². The van der Waals surface area contributed by atoms with Crippen molar-refractivity contribution < 1.29 is 14.6 Å². The minimum atomic E-state index is -0.219. The summed E-state index contributed by atoms with van der Waals surface area (Å²) in [5.74, 6) is 0.976. The third-order valence-electron chi connectivity index (χ3n) is 4.45. The Balaban J connectivity index is 2.05. The number of fused-ring (bicyclic) bond motifs is 1. The highest BCUT2D eigenvalue weighted by Gasteiger charge is 2.34. The molecule has 3 rings (SSSR count). The lowest BCUT2D eigenvalue weighted by molar-refractivity contribution is -0.117. The van der Waals surface area contributed by atoms with Gasteiger partial charge in [-0.3, -0.25) is 9.78 Å². The third kappa shape index (κ3) is 3.47. The SMILES string of the molecule is COc1c(C)cnc(CN2CC(=O)N(CCO)c3c(Cl)nc(N)nc32)c1C. The maximum Gasteiger partial charge on any atom is 0.246 e. The molecule has 0 saturated carbocycles. The van der Waals surface area contributed by atoms with Gasteiger partial charge in [-0.05, 0) is 13.8 Å². The Labute approximate surface area is 161 Å². The summed E-state index contributed by atoms with van der Waals surface area (Å²) in [6.45, 7) is 4.10. The van der Waals surface area contributed by atoms with E-state index in [-0.39, 0.29) is 36.7 Å². The Morgan fingerprint density at radius 3 is 2.78 bits per heavy atom. The zero-order chi connectivity index (χ0) is 19.7. The number of nitrogen functional groups attached to an aromatic ring is 1. The molecule has 1 amide bonds. The van der Waals surface area contributed by atoms with Crippen molar-refractivity contribution in [3.63, 3.8) is 0 Å². The average molecular weight is 393 g/mol. The van der Waals surface area contributed by atoms with Crippen molar-refractivity contribution in [2.45, 2.75) is 20.4 Å². The summed E-state index contributed by atoms with van der Waals surface area (Å²) in [5, 5.41) is 9.35. The molecule has 0 unspecified atom stereocenters. The minimum absolute atomic E-state index is 0.00761. The van der Waals surface area contributed by atoms with Crippen LogP contribution in [0.15, 0.2) is 6.20 Å². The number of β-amino-alcohol motifs (C(OH)–C–C–N with tert-alkyl or cyclic N) is 1. The molecule has 0 aliphatic carbocycles. The van der Waals surface area contributed by atoms with Crippen LogP contribution in [-0.2, 0) is 11.3 Å². The highest BCUT2D eigenvalue weighted by Crippen LogP contribution is 2.38. The van der Waals surface area contributed by atoms with Gasteiger partial charge in [0.15, 0.2) is 11.0 Å². The van der Waals surface area contributed by atoms with E-state index in [1.807, 2.05) is 13.8 Å². The normalized spacial score (nSPS) is 13.7. The van der Waals surface area contributed by atoms with Gasteiger partial charge in [0.25, 0.3) is 0 Å². The predicted molar refractivity (Wildman–Crippen MR) is 102 cm³/mol. The number of nitrogens with two attached hydrogens (primary N) is 1. The predicted octanol–water partition coefficient (Wildman–Crippen LogP) is 1.08. The van der Waals surface area contributed by atoms with Gasteiger partial charge in [0.1, 0.15) is 11.4 Å². The van der Waals surface area contributed by atoms with Crippen LogP contribution in [0.5, 0.6) is 5.75 Å². The first-order valence-corrected chi connectivity index (χ1v) is 8.73. The molecule has 0 atom stereocenters. The Morgan fingerprint density at radius 1 is 1.37 bits per heavy atom. The molecule has 27 heavy (non-hydrogen) atoms. The minimum Gasteiger partial charge on any atom is -0.496 e. The highest BCUT2D eigenvalue weighted by molar-refractivity contribution is 6.33. The standard InChI is InChI=1S/C17H21ClN6O3/c1-9-6-20-11(10(2)14(9)27-3)7-23-8-12(26)24(4-5-25)13-15(18)21-17(19)22-16(13)23/h6,25H,4-5,7-8H2,1-3H3,(H2,19,21,22). The van der Waals surface area contributed by atoms with E-state index in [9.17, 15) is 9.90 Å². The lowest BCUT2D eigenvalue weighted by atomic mass is 10.1. The van der Waals surface area contributed by atoms with Crippen molar-refractivity contribution in [3.8, 4) is 5.75 Å². The number of aliphatic hydroxyl groups is 1. The van der Waals surface area contributed by atoms with Crippen molar-refractivity contribution in [1.29, 1.82) is 0 Å². The quantitative estimate of drug-likeness (QED) is 0.726. The summed E-state index contributed by atoms with van der Waals surface area (Å²) in [4.78, 5) is 28.5. The van der Waals surface area contributed by atoms with Crippen LogP contribution in [0, 0.1) is 13.8 Å². The van der Waals surface area contributed by atoms with E-state index in [4.69, 9.17) is 22.1 Å². The molecule has 1 aliphatic heterocycles. The molecule has 3 heterocycles. The van der Waals surface area contributed by atoms with Gasteiger partial charge in [-0.25, -0.2) is 0 Å². The number of carbonyl (C=O) groups is 1. The number of aliphatic hydroxyl groups excluding tert-OH is 1. The summed E-state index contributed by atoms with van der Waals surface area (Å²) in [6, 6.07) is 0. The molecule has 0 spiro atoms. The summed E-state index contributed by atoms with van der Waals surface area (Å²) in [7, 11) is 1.61. The number of nitrogens with zero attached hydrogens (tertiary/aromatic N) is 5. The summed E-state index contributed by atoms with van der Waals surface area (Å²) in [6.07, 6.45) is 1.73. The highest BCUT2D eigenvalue weighted by atomic mass is 35.5. The van der Waals surface area contributed by atoms with Crippen molar-refractivity contribution in [2.75, 3.05) is 42.3 Å². The fourth-order valence-electron chi connectivity index (χ4n) is 3.21. The van der Waals surface area contributed by atoms with Crippen LogP contribution >= 0.6 is 11.6 Å².